The van der Waals surface area contributed by atoms with Crippen molar-refractivity contribution in [1.29, 1.82) is 0 Å². The van der Waals surface area contributed by atoms with Gasteiger partial charge in [0.05, 0.1) is 17.0 Å². The van der Waals surface area contributed by atoms with Gasteiger partial charge in [0.2, 0.25) is 10.0 Å². The fraction of sp³-hybridized carbons (Fsp3) is 0.357. The topological polar surface area (TPSA) is 105 Å². The average molecular weight is 336 g/mol. The Morgan fingerprint density at radius 1 is 1.39 bits per heavy atom. The second-order valence-electron chi connectivity index (χ2n) is 5.38. The Morgan fingerprint density at radius 2 is 2.17 bits per heavy atom. The molecule has 0 aliphatic carbocycles. The molecule has 0 amide bonds. The maximum atomic E-state index is 12.6. The quantitative estimate of drug-likeness (QED) is 0.863. The van der Waals surface area contributed by atoms with Gasteiger partial charge in [0.1, 0.15) is 11.6 Å². The van der Waals surface area contributed by atoms with Crippen LogP contribution in [0.15, 0.2) is 29.2 Å². The Labute approximate surface area is 133 Å². The predicted octanol–water partition coefficient (Wildman–Crippen LogP) is 0.743. The molecule has 2 heterocycles. The van der Waals surface area contributed by atoms with Gasteiger partial charge in [-0.3, -0.25) is 0 Å². The number of aromatic carboxylic acids is 1. The van der Waals surface area contributed by atoms with Crippen LogP contribution in [0.1, 0.15) is 28.4 Å². The summed E-state index contributed by atoms with van der Waals surface area (Å²) in [5.74, 6) is 0.302. The van der Waals surface area contributed by atoms with Crippen LogP contribution >= 0.6 is 0 Å². The number of aromatic nitrogens is 3. The number of fused-ring (bicyclic) bond motifs is 1. The van der Waals surface area contributed by atoms with Crippen molar-refractivity contribution in [3.05, 3.63) is 41.5 Å². The van der Waals surface area contributed by atoms with Crippen LogP contribution in [0.3, 0.4) is 0 Å². The van der Waals surface area contributed by atoms with Crippen molar-refractivity contribution in [2.75, 3.05) is 7.05 Å². The second kappa shape index (κ2) is 5.74. The number of carboxylic acids is 1. The number of hydrogen-bond donors (Lipinski definition) is 1. The number of nitrogens with zero attached hydrogens (tertiary/aromatic N) is 4. The summed E-state index contributed by atoms with van der Waals surface area (Å²) in [6, 6.07) is 5.31. The van der Waals surface area contributed by atoms with E-state index < -0.39 is 16.0 Å². The van der Waals surface area contributed by atoms with Crippen molar-refractivity contribution in [1.82, 2.24) is 19.1 Å². The molecule has 9 heteroatoms. The third kappa shape index (κ3) is 2.84. The lowest BCUT2D eigenvalue weighted by Gasteiger charge is -2.17. The van der Waals surface area contributed by atoms with E-state index in [1.165, 1.54) is 25.2 Å². The Hall–Kier alpha value is -2.26. The van der Waals surface area contributed by atoms with Gasteiger partial charge in [0.25, 0.3) is 0 Å². The molecule has 0 saturated carbocycles. The zero-order valence-electron chi connectivity index (χ0n) is 12.5. The largest absolute Gasteiger partial charge is 0.478 e. The van der Waals surface area contributed by atoms with E-state index in [0.717, 1.165) is 35.6 Å². The Balaban J connectivity index is 1.87. The molecule has 0 fully saturated rings. The number of aryl methyl sites for hydroxylation is 1. The first-order valence-electron chi connectivity index (χ1n) is 7.10. The highest BCUT2D eigenvalue weighted by Crippen LogP contribution is 2.20. The molecule has 0 spiro atoms. The molecule has 23 heavy (non-hydrogen) atoms. The van der Waals surface area contributed by atoms with Gasteiger partial charge in [-0.1, -0.05) is 6.07 Å². The normalized spacial score (nSPS) is 14.2. The minimum absolute atomic E-state index is 0.0546. The first-order valence-corrected chi connectivity index (χ1v) is 8.54. The van der Waals surface area contributed by atoms with Gasteiger partial charge in [-0.25, -0.2) is 13.2 Å². The molecule has 0 radical (unpaired) electrons. The van der Waals surface area contributed by atoms with Crippen LogP contribution in [-0.2, 0) is 29.5 Å². The van der Waals surface area contributed by atoms with E-state index in [-0.39, 0.29) is 17.0 Å². The Morgan fingerprint density at radius 3 is 2.91 bits per heavy atom. The monoisotopic (exact) mass is 336 g/mol. The lowest BCUT2D eigenvalue weighted by molar-refractivity contribution is 0.0696. The fourth-order valence-corrected chi connectivity index (χ4v) is 3.75. The third-order valence-electron chi connectivity index (χ3n) is 3.84. The summed E-state index contributed by atoms with van der Waals surface area (Å²) in [5, 5.41) is 17.1. The lowest BCUT2D eigenvalue weighted by atomic mass is 10.2. The van der Waals surface area contributed by atoms with Crippen molar-refractivity contribution < 1.29 is 18.3 Å². The molecule has 122 valence electrons. The van der Waals surface area contributed by atoms with Crippen LogP contribution in [0.4, 0.5) is 0 Å². The fourth-order valence-electron chi connectivity index (χ4n) is 2.58. The molecule has 0 saturated heterocycles. The molecule has 1 aliphatic heterocycles. The number of benzene rings is 1. The van der Waals surface area contributed by atoms with Crippen LogP contribution < -0.4 is 0 Å². The van der Waals surface area contributed by atoms with Gasteiger partial charge in [-0.15, -0.1) is 10.2 Å². The number of carboxylic acid groups (broad SMARTS) is 1. The molecular weight excluding hydrogens is 320 g/mol. The maximum Gasteiger partial charge on any atom is 0.335 e. The van der Waals surface area contributed by atoms with Crippen molar-refractivity contribution in [2.45, 2.75) is 30.8 Å². The first kappa shape index (κ1) is 15.6. The minimum Gasteiger partial charge on any atom is -0.478 e. The smallest absolute Gasteiger partial charge is 0.335 e. The number of sulfonamides is 1. The summed E-state index contributed by atoms with van der Waals surface area (Å²) >= 11 is 0. The van der Waals surface area contributed by atoms with Crippen molar-refractivity contribution in [2.24, 2.45) is 0 Å². The van der Waals surface area contributed by atoms with E-state index in [4.69, 9.17) is 5.11 Å². The van der Waals surface area contributed by atoms with Gasteiger partial charge in [-0.05, 0) is 24.6 Å². The molecule has 0 unspecified atom stereocenters. The minimum atomic E-state index is -3.80. The number of carbonyl (C=O) groups is 1. The SMILES string of the molecule is CN(Cc1nnc2n1CCC2)S(=O)(=O)c1cccc(C(=O)O)c1. The van der Waals surface area contributed by atoms with Crippen molar-refractivity contribution >= 4 is 16.0 Å². The van der Waals surface area contributed by atoms with Crippen LogP contribution in [0.2, 0.25) is 0 Å². The molecule has 2 aromatic rings. The van der Waals surface area contributed by atoms with Crippen molar-refractivity contribution in [3.8, 4) is 0 Å². The molecule has 0 atom stereocenters. The Kier molecular flexibility index (Phi) is 3.90. The zero-order chi connectivity index (χ0) is 16.6. The van der Waals surface area contributed by atoms with Gasteiger partial charge < -0.3 is 9.67 Å². The molecule has 1 N–H and O–H groups in total. The van der Waals surface area contributed by atoms with Crippen LogP contribution in [0.25, 0.3) is 0 Å². The summed E-state index contributed by atoms with van der Waals surface area (Å²) in [7, 11) is -2.36. The van der Waals surface area contributed by atoms with Crippen molar-refractivity contribution in [3.63, 3.8) is 0 Å². The molecule has 0 bridgehead atoms. The highest BCUT2D eigenvalue weighted by Gasteiger charge is 2.25. The molecular formula is C14H16N4O4S. The number of rotatable bonds is 5. The summed E-state index contributed by atoms with van der Waals surface area (Å²) in [5.41, 5.74) is -0.0668. The second-order valence-corrected chi connectivity index (χ2v) is 7.43. The predicted molar refractivity (Wildman–Crippen MR) is 80.4 cm³/mol. The van der Waals surface area contributed by atoms with Gasteiger partial charge in [0.15, 0.2) is 0 Å². The van der Waals surface area contributed by atoms with E-state index in [1.807, 2.05) is 4.57 Å². The highest BCUT2D eigenvalue weighted by molar-refractivity contribution is 7.89. The maximum absolute atomic E-state index is 12.6. The van der Waals surface area contributed by atoms with E-state index in [1.54, 1.807) is 0 Å². The highest BCUT2D eigenvalue weighted by atomic mass is 32.2. The van der Waals surface area contributed by atoms with Crippen LogP contribution in [0, 0.1) is 0 Å². The van der Waals surface area contributed by atoms with E-state index in [9.17, 15) is 13.2 Å². The van der Waals surface area contributed by atoms with E-state index >= 15 is 0 Å². The van der Waals surface area contributed by atoms with E-state index in [0.29, 0.717) is 5.82 Å². The molecule has 1 aliphatic rings. The average Bonchev–Trinajstić information content (AvgIpc) is 3.12. The molecule has 1 aromatic carbocycles. The molecule has 8 nitrogen and oxygen atoms in total. The lowest BCUT2D eigenvalue weighted by Crippen LogP contribution is -2.28. The Bertz CT molecular complexity index is 859. The summed E-state index contributed by atoms with van der Waals surface area (Å²) in [6.07, 6.45) is 1.83. The standard InChI is InChI=1S/C14H16N4O4S/c1-17(9-13-16-15-12-6-3-7-18(12)13)23(21,22)11-5-2-4-10(8-11)14(19)20/h2,4-5,8H,3,6-7,9H2,1H3,(H,19,20). The van der Waals surface area contributed by atoms with E-state index in [2.05, 4.69) is 10.2 Å². The molecule has 3 rings (SSSR count). The van der Waals surface area contributed by atoms with Crippen LogP contribution in [0.5, 0.6) is 0 Å². The third-order valence-corrected chi connectivity index (χ3v) is 5.64. The first-order chi connectivity index (χ1) is 10.9. The molecule has 1 aromatic heterocycles. The summed E-state index contributed by atoms with van der Waals surface area (Å²) < 4.78 is 28.3. The zero-order valence-corrected chi connectivity index (χ0v) is 13.3. The summed E-state index contributed by atoms with van der Waals surface area (Å²) in [6.45, 7) is 0.882. The van der Waals surface area contributed by atoms with Crippen LogP contribution in [-0.4, -0.2) is 45.6 Å². The number of hydrogen-bond acceptors (Lipinski definition) is 5. The van der Waals surface area contributed by atoms with Gasteiger partial charge in [0, 0.05) is 20.0 Å². The summed E-state index contributed by atoms with van der Waals surface area (Å²) in [4.78, 5) is 10.9. The van der Waals surface area contributed by atoms with Gasteiger partial charge in [-0.2, -0.15) is 4.31 Å². The van der Waals surface area contributed by atoms with Gasteiger partial charge >= 0.3 is 5.97 Å².